The van der Waals surface area contributed by atoms with Crippen LogP contribution in [0.25, 0.3) is 6.08 Å². The number of nitrogens with zero attached hydrogens (tertiary/aromatic N) is 2. The average molecular weight is 372 g/mol. The van der Waals surface area contributed by atoms with Crippen molar-refractivity contribution in [3.63, 3.8) is 0 Å². The molecule has 2 amide bonds. The van der Waals surface area contributed by atoms with Crippen LogP contribution in [-0.2, 0) is 9.59 Å². The van der Waals surface area contributed by atoms with E-state index < -0.39 is 0 Å². The zero-order valence-electron chi connectivity index (χ0n) is 13.9. The molecular weight excluding hydrogens is 356 g/mol. The molecule has 1 aliphatic heterocycles. The van der Waals surface area contributed by atoms with Gasteiger partial charge in [-0.25, -0.2) is 4.98 Å². The van der Waals surface area contributed by atoms with Crippen LogP contribution in [-0.4, -0.2) is 21.9 Å². The van der Waals surface area contributed by atoms with Crippen LogP contribution in [0.2, 0.25) is 0 Å². The Morgan fingerprint density at radius 3 is 2.64 bits per heavy atom. The van der Waals surface area contributed by atoms with Crippen molar-refractivity contribution in [1.29, 1.82) is 0 Å². The highest BCUT2D eigenvalue weighted by Gasteiger charge is 2.22. The Kier molecular flexibility index (Phi) is 4.65. The summed E-state index contributed by atoms with van der Waals surface area (Å²) < 4.78 is 0. The third kappa shape index (κ3) is 3.59. The van der Waals surface area contributed by atoms with E-state index in [0.717, 1.165) is 16.8 Å². The van der Waals surface area contributed by atoms with E-state index in [1.165, 1.54) is 18.3 Å². The maximum absolute atomic E-state index is 12.2. The first-order chi connectivity index (χ1) is 11.8. The number of aromatic nitrogens is 1. The monoisotopic (exact) mass is 372 g/mol. The highest BCUT2D eigenvalue weighted by atomic mass is 32.1. The SMILES string of the molecule is CC(=O)N(c1ccc(C)c(C)c1)c1nc(/C=C2\NC(=S)NC2=O)cs1. The molecule has 0 saturated carbocycles. The fourth-order valence-electron chi connectivity index (χ4n) is 2.37. The van der Waals surface area contributed by atoms with Gasteiger partial charge in [0.1, 0.15) is 5.70 Å². The lowest BCUT2D eigenvalue weighted by molar-refractivity contribution is -0.116. The molecule has 1 fully saturated rings. The molecule has 1 aromatic carbocycles. The van der Waals surface area contributed by atoms with E-state index in [1.54, 1.807) is 16.4 Å². The molecule has 1 saturated heterocycles. The molecule has 2 N–H and O–H groups in total. The lowest BCUT2D eigenvalue weighted by Gasteiger charge is -2.19. The molecule has 2 heterocycles. The van der Waals surface area contributed by atoms with Gasteiger partial charge in [0.15, 0.2) is 10.2 Å². The van der Waals surface area contributed by atoms with Gasteiger partial charge in [0, 0.05) is 12.3 Å². The minimum absolute atomic E-state index is 0.130. The number of aryl methyl sites for hydroxylation is 2. The second-order valence-corrected chi connectivity index (χ2v) is 6.89. The summed E-state index contributed by atoms with van der Waals surface area (Å²) in [4.78, 5) is 29.9. The van der Waals surface area contributed by atoms with Crippen molar-refractivity contribution in [1.82, 2.24) is 15.6 Å². The van der Waals surface area contributed by atoms with Gasteiger partial charge in [-0.2, -0.15) is 0 Å². The van der Waals surface area contributed by atoms with E-state index in [4.69, 9.17) is 12.2 Å². The smallest absolute Gasteiger partial charge is 0.273 e. The molecule has 1 aliphatic rings. The molecule has 2 aromatic rings. The van der Waals surface area contributed by atoms with Crippen LogP contribution in [0.3, 0.4) is 0 Å². The first kappa shape index (κ1) is 17.2. The number of thiocarbonyl (C=S) groups is 1. The lowest BCUT2D eigenvalue weighted by Crippen LogP contribution is -2.22. The first-order valence-corrected chi connectivity index (χ1v) is 8.81. The highest BCUT2D eigenvalue weighted by Crippen LogP contribution is 2.30. The van der Waals surface area contributed by atoms with Crippen molar-refractivity contribution in [3.8, 4) is 0 Å². The summed E-state index contributed by atoms with van der Waals surface area (Å²) in [7, 11) is 0. The second-order valence-electron chi connectivity index (χ2n) is 5.64. The molecule has 0 aliphatic carbocycles. The van der Waals surface area contributed by atoms with Crippen LogP contribution in [0.1, 0.15) is 23.7 Å². The largest absolute Gasteiger partial charge is 0.328 e. The van der Waals surface area contributed by atoms with Crippen LogP contribution in [0.15, 0.2) is 29.3 Å². The summed E-state index contributed by atoms with van der Waals surface area (Å²) in [6.07, 6.45) is 1.60. The van der Waals surface area contributed by atoms with Gasteiger partial charge in [0.2, 0.25) is 5.91 Å². The standard InChI is InChI=1S/C17H16N4O2S2/c1-9-4-5-13(6-10(9)2)21(11(3)22)17-18-12(8-25-17)7-14-15(23)20-16(24)19-14/h4-8H,1-3H3,(H2,19,20,23,24)/b14-7-. The second kappa shape index (κ2) is 6.73. The van der Waals surface area contributed by atoms with E-state index in [1.807, 2.05) is 32.0 Å². The fraction of sp³-hybridized carbons (Fsp3) is 0.176. The third-order valence-electron chi connectivity index (χ3n) is 3.78. The number of hydrogen-bond donors (Lipinski definition) is 2. The summed E-state index contributed by atoms with van der Waals surface area (Å²) in [5.41, 5.74) is 3.94. The van der Waals surface area contributed by atoms with Gasteiger partial charge in [-0.3, -0.25) is 19.8 Å². The van der Waals surface area contributed by atoms with Crippen molar-refractivity contribution >= 4 is 57.4 Å². The van der Waals surface area contributed by atoms with Crippen LogP contribution in [0, 0.1) is 13.8 Å². The van der Waals surface area contributed by atoms with E-state index >= 15 is 0 Å². The molecule has 3 rings (SSSR count). The Bertz CT molecular complexity index is 917. The minimum Gasteiger partial charge on any atom is -0.328 e. The van der Waals surface area contributed by atoms with E-state index in [2.05, 4.69) is 15.6 Å². The predicted molar refractivity (Wildman–Crippen MR) is 103 cm³/mol. The number of nitrogens with one attached hydrogen (secondary N) is 2. The average Bonchev–Trinajstić information content (AvgIpc) is 3.10. The molecule has 6 nitrogen and oxygen atoms in total. The lowest BCUT2D eigenvalue weighted by atomic mass is 10.1. The van der Waals surface area contributed by atoms with Gasteiger partial charge in [-0.1, -0.05) is 6.07 Å². The van der Waals surface area contributed by atoms with Crippen LogP contribution in [0.5, 0.6) is 0 Å². The fourth-order valence-corrected chi connectivity index (χ4v) is 3.41. The molecule has 0 bridgehead atoms. The quantitative estimate of drug-likeness (QED) is 0.640. The van der Waals surface area contributed by atoms with Crippen LogP contribution >= 0.6 is 23.6 Å². The molecule has 0 spiro atoms. The summed E-state index contributed by atoms with van der Waals surface area (Å²) in [6.45, 7) is 5.52. The molecule has 8 heteroatoms. The minimum atomic E-state index is -0.294. The zero-order valence-corrected chi connectivity index (χ0v) is 15.5. The highest BCUT2D eigenvalue weighted by molar-refractivity contribution is 7.80. The number of rotatable bonds is 3. The Morgan fingerprint density at radius 2 is 2.04 bits per heavy atom. The van der Waals surface area contributed by atoms with Crippen molar-refractivity contribution in [2.75, 3.05) is 4.90 Å². The first-order valence-electron chi connectivity index (χ1n) is 7.52. The number of thiazole rings is 1. The molecule has 1 aromatic heterocycles. The van der Waals surface area contributed by atoms with Crippen molar-refractivity contribution in [2.24, 2.45) is 0 Å². The van der Waals surface area contributed by atoms with Gasteiger partial charge in [0.05, 0.1) is 11.4 Å². The summed E-state index contributed by atoms with van der Waals surface area (Å²) in [5.74, 6) is -0.424. The third-order valence-corrected chi connectivity index (χ3v) is 4.82. The molecular formula is C17H16N4O2S2. The number of amides is 2. The summed E-state index contributed by atoms with van der Waals surface area (Å²) >= 11 is 6.24. The summed E-state index contributed by atoms with van der Waals surface area (Å²) in [5, 5.41) is 7.87. The maximum Gasteiger partial charge on any atom is 0.273 e. The van der Waals surface area contributed by atoms with Gasteiger partial charge < -0.3 is 5.32 Å². The number of anilines is 2. The Hall–Kier alpha value is -2.58. The van der Waals surface area contributed by atoms with E-state index in [9.17, 15) is 9.59 Å². The topological polar surface area (TPSA) is 74.3 Å². The Balaban J connectivity index is 1.94. The predicted octanol–water partition coefficient (Wildman–Crippen LogP) is 2.79. The Labute approximate surface area is 154 Å². The molecule has 0 atom stereocenters. The van der Waals surface area contributed by atoms with Gasteiger partial charge in [-0.15, -0.1) is 11.3 Å². The van der Waals surface area contributed by atoms with Gasteiger partial charge in [-0.05, 0) is 55.4 Å². The number of benzene rings is 1. The molecule has 0 unspecified atom stereocenters. The van der Waals surface area contributed by atoms with E-state index in [-0.39, 0.29) is 16.9 Å². The van der Waals surface area contributed by atoms with Crippen LogP contribution in [0.4, 0.5) is 10.8 Å². The molecule has 128 valence electrons. The van der Waals surface area contributed by atoms with Crippen molar-refractivity contribution < 1.29 is 9.59 Å². The zero-order chi connectivity index (χ0) is 18.1. The number of hydrogen-bond acceptors (Lipinski definition) is 5. The molecule has 25 heavy (non-hydrogen) atoms. The number of carbonyl (C=O) groups excluding carboxylic acids is 2. The number of carbonyl (C=O) groups is 2. The van der Waals surface area contributed by atoms with Crippen molar-refractivity contribution in [2.45, 2.75) is 20.8 Å². The van der Waals surface area contributed by atoms with Gasteiger partial charge in [0.25, 0.3) is 5.91 Å². The van der Waals surface area contributed by atoms with E-state index in [0.29, 0.717) is 16.5 Å². The maximum atomic E-state index is 12.2. The Morgan fingerprint density at radius 1 is 1.28 bits per heavy atom. The normalized spacial score (nSPS) is 15.2. The van der Waals surface area contributed by atoms with Gasteiger partial charge >= 0.3 is 0 Å². The van der Waals surface area contributed by atoms with Crippen LogP contribution < -0.4 is 15.5 Å². The summed E-state index contributed by atoms with van der Waals surface area (Å²) in [6, 6.07) is 5.83. The van der Waals surface area contributed by atoms with Crippen molar-refractivity contribution in [3.05, 3.63) is 46.1 Å². The molecule has 0 radical (unpaired) electrons.